The first-order valence-corrected chi connectivity index (χ1v) is 7.14. The van der Waals surface area contributed by atoms with Crippen LogP contribution in [0.1, 0.15) is 31.0 Å². The molecular formula is C16H26IN3O. The molecule has 0 amide bonds. The lowest BCUT2D eigenvalue weighted by Gasteiger charge is -2.38. The lowest BCUT2D eigenvalue weighted by molar-refractivity contribution is -0.0971. The zero-order valence-electron chi connectivity index (χ0n) is 13.3. The highest BCUT2D eigenvalue weighted by atomic mass is 127. The summed E-state index contributed by atoms with van der Waals surface area (Å²) in [5, 5.41) is 6.83. The van der Waals surface area contributed by atoms with Crippen LogP contribution in [0.25, 0.3) is 0 Å². The maximum absolute atomic E-state index is 5.27. The van der Waals surface area contributed by atoms with Crippen molar-refractivity contribution in [3.63, 3.8) is 0 Å². The number of nitrogens with one attached hydrogen (secondary N) is 2. The van der Waals surface area contributed by atoms with Gasteiger partial charge in [-0.15, -0.1) is 24.0 Å². The fraction of sp³-hybridized carbons (Fsp3) is 0.562. The molecule has 0 aromatic heterocycles. The average molecular weight is 403 g/mol. The molecule has 1 aromatic carbocycles. The third-order valence-corrected chi connectivity index (χ3v) is 3.82. The lowest BCUT2D eigenvalue weighted by Crippen LogP contribution is -2.51. The predicted molar refractivity (Wildman–Crippen MR) is 98.4 cm³/mol. The van der Waals surface area contributed by atoms with E-state index in [4.69, 9.17) is 4.74 Å². The van der Waals surface area contributed by atoms with Crippen molar-refractivity contribution in [2.45, 2.75) is 26.8 Å². The van der Waals surface area contributed by atoms with E-state index in [2.05, 4.69) is 60.7 Å². The molecule has 0 aliphatic carbocycles. The molecule has 118 valence electrons. The number of aryl methyl sites for hydroxylation is 1. The molecule has 2 rings (SSSR count). The summed E-state index contributed by atoms with van der Waals surface area (Å²) < 4.78 is 5.27. The Kier molecular flexibility index (Phi) is 6.93. The van der Waals surface area contributed by atoms with Crippen molar-refractivity contribution in [1.82, 2.24) is 10.6 Å². The second kappa shape index (κ2) is 7.98. The predicted octanol–water partition coefficient (Wildman–Crippen LogP) is 2.88. The van der Waals surface area contributed by atoms with Crippen LogP contribution in [-0.4, -0.2) is 32.8 Å². The molecule has 1 heterocycles. The van der Waals surface area contributed by atoms with Crippen molar-refractivity contribution in [3.8, 4) is 0 Å². The maximum Gasteiger partial charge on any atom is 0.191 e. The van der Waals surface area contributed by atoms with Gasteiger partial charge in [-0.05, 0) is 25.0 Å². The highest BCUT2D eigenvalue weighted by molar-refractivity contribution is 14.0. The van der Waals surface area contributed by atoms with Crippen molar-refractivity contribution in [3.05, 3.63) is 35.4 Å². The molecule has 1 aromatic rings. The lowest BCUT2D eigenvalue weighted by atomic mass is 9.89. The third kappa shape index (κ3) is 4.85. The van der Waals surface area contributed by atoms with Gasteiger partial charge in [-0.25, -0.2) is 0 Å². The molecule has 5 heteroatoms. The van der Waals surface area contributed by atoms with Crippen molar-refractivity contribution < 1.29 is 4.74 Å². The Morgan fingerprint density at radius 2 is 2.05 bits per heavy atom. The van der Waals surface area contributed by atoms with Gasteiger partial charge in [-0.2, -0.15) is 0 Å². The number of nitrogens with zero attached hydrogens (tertiary/aromatic N) is 1. The summed E-state index contributed by atoms with van der Waals surface area (Å²) >= 11 is 0. The van der Waals surface area contributed by atoms with E-state index in [1.54, 1.807) is 7.05 Å². The molecule has 1 aliphatic rings. The van der Waals surface area contributed by atoms with Crippen LogP contribution in [0.5, 0.6) is 0 Å². The van der Waals surface area contributed by atoms with Crippen LogP contribution in [0.3, 0.4) is 0 Å². The number of hydrogen-bond acceptors (Lipinski definition) is 2. The molecular weight excluding hydrogens is 377 g/mol. The highest BCUT2D eigenvalue weighted by Crippen LogP contribution is 2.25. The minimum absolute atomic E-state index is 0. The first-order chi connectivity index (χ1) is 9.54. The molecule has 1 saturated heterocycles. The molecule has 0 radical (unpaired) electrons. The van der Waals surface area contributed by atoms with Crippen LogP contribution in [0.2, 0.25) is 0 Å². The fourth-order valence-electron chi connectivity index (χ4n) is 2.40. The van der Waals surface area contributed by atoms with E-state index in [0.717, 1.165) is 25.7 Å². The molecule has 0 bridgehead atoms. The summed E-state index contributed by atoms with van der Waals surface area (Å²) in [6.07, 6.45) is 0. The zero-order valence-corrected chi connectivity index (χ0v) is 15.6. The topological polar surface area (TPSA) is 45.7 Å². The Labute approximate surface area is 144 Å². The molecule has 0 saturated carbocycles. The van der Waals surface area contributed by atoms with Crippen LogP contribution in [0, 0.1) is 12.3 Å². The summed E-state index contributed by atoms with van der Waals surface area (Å²) in [6, 6.07) is 8.66. The van der Waals surface area contributed by atoms with E-state index in [9.17, 15) is 0 Å². The number of halogens is 1. The Morgan fingerprint density at radius 1 is 1.38 bits per heavy atom. The Hall–Kier alpha value is -0.820. The monoisotopic (exact) mass is 403 g/mol. The number of rotatable bonds is 4. The van der Waals surface area contributed by atoms with Gasteiger partial charge in [-0.3, -0.25) is 4.99 Å². The molecule has 2 N–H and O–H groups in total. The number of guanidine groups is 1. The quantitative estimate of drug-likeness (QED) is 0.462. The maximum atomic E-state index is 5.27. The summed E-state index contributed by atoms with van der Waals surface area (Å²) in [4.78, 5) is 4.30. The minimum atomic E-state index is 0. The van der Waals surface area contributed by atoms with E-state index >= 15 is 0 Å². The van der Waals surface area contributed by atoms with Gasteiger partial charge in [0.1, 0.15) is 0 Å². The van der Waals surface area contributed by atoms with Crippen molar-refractivity contribution in [1.29, 1.82) is 0 Å². The van der Waals surface area contributed by atoms with Crippen LogP contribution < -0.4 is 10.6 Å². The third-order valence-electron chi connectivity index (χ3n) is 3.82. The summed E-state index contributed by atoms with van der Waals surface area (Å²) in [7, 11) is 1.81. The Balaban J connectivity index is 0.00000220. The molecule has 4 nitrogen and oxygen atoms in total. The van der Waals surface area contributed by atoms with Gasteiger partial charge in [-0.1, -0.05) is 31.2 Å². The number of ether oxygens (including phenoxy) is 1. The van der Waals surface area contributed by atoms with E-state index in [-0.39, 0.29) is 35.4 Å². The van der Waals surface area contributed by atoms with Crippen molar-refractivity contribution in [2.75, 3.05) is 26.8 Å². The van der Waals surface area contributed by atoms with Crippen LogP contribution in [0.4, 0.5) is 0 Å². The summed E-state index contributed by atoms with van der Waals surface area (Å²) in [5.41, 5.74) is 2.83. The first kappa shape index (κ1) is 18.2. The summed E-state index contributed by atoms with van der Waals surface area (Å²) in [5.74, 6) is 0.842. The van der Waals surface area contributed by atoms with Crippen LogP contribution in [0.15, 0.2) is 29.3 Å². The normalized spacial score (nSPS) is 18.2. The number of benzene rings is 1. The Morgan fingerprint density at radius 3 is 2.57 bits per heavy atom. The van der Waals surface area contributed by atoms with Gasteiger partial charge in [0.25, 0.3) is 0 Å². The van der Waals surface area contributed by atoms with Crippen LogP contribution >= 0.6 is 24.0 Å². The molecule has 21 heavy (non-hydrogen) atoms. The van der Waals surface area contributed by atoms with Crippen LogP contribution in [-0.2, 0) is 4.74 Å². The van der Waals surface area contributed by atoms with E-state index in [1.165, 1.54) is 11.1 Å². The summed E-state index contributed by atoms with van der Waals surface area (Å²) in [6.45, 7) is 9.04. The largest absolute Gasteiger partial charge is 0.380 e. The average Bonchev–Trinajstić information content (AvgIpc) is 2.41. The molecule has 1 fully saturated rings. The van der Waals surface area contributed by atoms with Crippen molar-refractivity contribution in [2.24, 2.45) is 10.4 Å². The first-order valence-electron chi connectivity index (χ1n) is 7.14. The second-order valence-electron chi connectivity index (χ2n) is 5.95. The number of aliphatic imine (C=N–C) groups is 1. The van der Waals surface area contributed by atoms with Gasteiger partial charge >= 0.3 is 0 Å². The Bertz CT molecular complexity index is 486. The molecule has 1 unspecified atom stereocenters. The number of hydrogen-bond donors (Lipinski definition) is 2. The standard InChI is InChI=1S/C16H25N3O.HI/c1-12-7-5-6-8-14(12)13(2)19-15(17-4)18-9-16(3)10-20-11-16;/h5-8,13H,9-11H2,1-4H3,(H2,17,18,19);1H. The zero-order chi connectivity index (χ0) is 14.6. The highest BCUT2D eigenvalue weighted by Gasteiger charge is 2.33. The second-order valence-corrected chi connectivity index (χ2v) is 5.95. The molecule has 0 spiro atoms. The van der Waals surface area contributed by atoms with E-state index in [1.807, 2.05) is 0 Å². The van der Waals surface area contributed by atoms with Gasteiger partial charge < -0.3 is 15.4 Å². The SMILES string of the molecule is CN=C(NCC1(C)COC1)NC(C)c1ccccc1C.I. The van der Waals surface area contributed by atoms with E-state index in [0.29, 0.717) is 0 Å². The van der Waals surface area contributed by atoms with Gasteiger partial charge in [0.05, 0.1) is 19.3 Å². The van der Waals surface area contributed by atoms with E-state index < -0.39 is 0 Å². The molecule has 1 aliphatic heterocycles. The van der Waals surface area contributed by atoms with Gasteiger partial charge in [0.15, 0.2) is 5.96 Å². The van der Waals surface area contributed by atoms with Crippen molar-refractivity contribution >= 4 is 29.9 Å². The van der Waals surface area contributed by atoms with Gasteiger partial charge in [0, 0.05) is 19.0 Å². The molecule has 1 atom stereocenters. The minimum Gasteiger partial charge on any atom is -0.380 e. The smallest absolute Gasteiger partial charge is 0.191 e. The van der Waals surface area contributed by atoms with Gasteiger partial charge in [0.2, 0.25) is 0 Å². The fourth-order valence-corrected chi connectivity index (χ4v) is 2.40.